The highest BCUT2D eigenvalue weighted by Gasteiger charge is 2.27. The van der Waals surface area contributed by atoms with Crippen LogP contribution >= 0.6 is 11.3 Å². The third-order valence-corrected chi connectivity index (χ3v) is 4.88. The number of nitrogens with one attached hydrogen (secondary N) is 1. The van der Waals surface area contributed by atoms with Crippen LogP contribution in [0.25, 0.3) is 0 Å². The van der Waals surface area contributed by atoms with Crippen molar-refractivity contribution in [2.75, 3.05) is 26.7 Å². The summed E-state index contributed by atoms with van der Waals surface area (Å²) in [5.74, 6) is 0.745. The molecule has 0 aliphatic carbocycles. The second kappa shape index (κ2) is 6.45. The van der Waals surface area contributed by atoms with E-state index in [1.54, 1.807) is 11.3 Å². The third kappa shape index (κ3) is 3.19. The van der Waals surface area contributed by atoms with Crippen LogP contribution in [-0.2, 0) is 6.54 Å². The Morgan fingerprint density at radius 1 is 1.43 bits per heavy atom. The summed E-state index contributed by atoms with van der Waals surface area (Å²) < 4.78 is 2.06. The molecular weight excluding hydrogens is 282 g/mol. The number of hydrogen-bond acceptors (Lipinski definition) is 3. The lowest BCUT2D eigenvalue weighted by Gasteiger charge is -2.18. The zero-order chi connectivity index (χ0) is 14.7. The lowest BCUT2D eigenvalue weighted by Crippen LogP contribution is -2.31. The number of carbonyl (C=O) groups is 1. The van der Waals surface area contributed by atoms with Gasteiger partial charge in [0.15, 0.2) is 0 Å². The van der Waals surface area contributed by atoms with Gasteiger partial charge in [0.25, 0.3) is 5.91 Å². The highest BCUT2D eigenvalue weighted by atomic mass is 32.1. The average Bonchev–Trinajstić information content (AvgIpc) is 3.20. The zero-order valence-electron chi connectivity index (χ0n) is 12.3. The molecule has 1 N–H and O–H groups in total. The Morgan fingerprint density at radius 2 is 2.33 bits per heavy atom. The van der Waals surface area contributed by atoms with Gasteiger partial charge in [-0.2, -0.15) is 0 Å². The quantitative estimate of drug-likeness (QED) is 0.920. The molecule has 1 aliphatic rings. The van der Waals surface area contributed by atoms with E-state index in [-0.39, 0.29) is 5.91 Å². The standard InChI is InChI=1S/C16H21N3OS/c1-17-10-13-6-8-19(11-13)16(20)15-5-2-7-18(15)12-14-4-3-9-21-14/h2-5,7,9,13,17H,6,8,10-12H2,1H3. The molecule has 0 aromatic carbocycles. The van der Waals surface area contributed by atoms with E-state index in [0.29, 0.717) is 5.92 Å². The monoisotopic (exact) mass is 303 g/mol. The number of carbonyl (C=O) groups excluding carboxylic acids is 1. The molecule has 0 spiro atoms. The molecule has 1 fully saturated rings. The first kappa shape index (κ1) is 14.4. The topological polar surface area (TPSA) is 37.3 Å². The van der Waals surface area contributed by atoms with Crippen molar-refractivity contribution in [3.8, 4) is 0 Å². The Balaban J connectivity index is 1.69. The number of nitrogens with zero attached hydrogens (tertiary/aromatic N) is 2. The summed E-state index contributed by atoms with van der Waals surface area (Å²) >= 11 is 1.73. The van der Waals surface area contributed by atoms with Gasteiger partial charge in [0.05, 0.1) is 6.54 Å². The number of rotatable bonds is 5. The molecule has 21 heavy (non-hydrogen) atoms. The van der Waals surface area contributed by atoms with E-state index in [0.717, 1.165) is 38.3 Å². The Labute approximate surface area is 129 Å². The predicted molar refractivity (Wildman–Crippen MR) is 85.8 cm³/mol. The highest BCUT2D eigenvalue weighted by Crippen LogP contribution is 2.19. The van der Waals surface area contributed by atoms with Crippen LogP contribution in [0.2, 0.25) is 0 Å². The number of hydrogen-bond donors (Lipinski definition) is 1. The Morgan fingerprint density at radius 3 is 3.10 bits per heavy atom. The zero-order valence-corrected chi connectivity index (χ0v) is 13.1. The number of thiophene rings is 1. The molecule has 1 atom stereocenters. The van der Waals surface area contributed by atoms with Gasteiger partial charge in [-0.25, -0.2) is 0 Å². The van der Waals surface area contributed by atoms with Gasteiger partial charge in [-0.05, 0) is 49.5 Å². The fourth-order valence-electron chi connectivity index (χ4n) is 2.95. The van der Waals surface area contributed by atoms with Gasteiger partial charge in [0, 0.05) is 24.2 Å². The van der Waals surface area contributed by atoms with Crippen LogP contribution in [0.5, 0.6) is 0 Å². The van der Waals surface area contributed by atoms with Crippen LogP contribution in [0, 0.1) is 5.92 Å². The van der Waals surface area contributed by atoms with Crippen LogP contribution in [0.4, 0.5) is 0 Å². The number of amides is 1. The molecule has 112 valence electrons. The van der Waals surface area contributed by atoms with Crippen molar-refractivity contribution < 1.29 is 4.79 Å². The molecule has 1 saturated heterocycles. The van der Waals surface area contributed by atoms with Gasteiger partial charge in [0.1, 0.15) is 5.69 Å². The summed E-state index contributed by atoms with van der Waals surface area (Å²) in [5.41, 5.74) is 0.800. The molecular formula is C16H21N3OS. The van der Waals surface area contributed by atoms with E-state index >= 15 is 0 Å². The van der Waals surface area contributed by atoms with Crippen molar-refractivity contribution in [1.29, 1.82) is 0 Å². The largest absolute Gasteiger partial charge is 0.338 e. The maximum Gasteiger partial charge on any atom is 0.270 e. The SMILES string of the molecule is CNCC1CCN(C(=O)c2cccn2Cc2cccs2)C1. The summed E-state index contributed by atoms with van der Waals surface area (Å²) in [6.07, 6.45) is 3.09. The second-order valence-corrected chi connectivity index (χ2v) is 6.60. The first-order chi connectivity index (χ1) is 10.3. The molecule has 0 saturated carbocycles. The molecule has 3 heterocycles. The first-order valence-corrected chi connectivity index (χ1v) is 8.27. The van der Waals surface area contributed by atoms with Crippen molar-refractivity contribution in [3.63, 3.8) is 0 Å². The second-order valence-electron chi connectivity index (χ2n) is 5.56. The number of aromatic nitrogens is 1. The summed E-state index contributed by atoms with van der Waals surface area (Å²) in [4.78, 5) is 16.0. The van der Waals surface area contributed by atoms with Crippen LogP contribution in [0.3, 0.4) is 0 Å². The van der Waals surface area contributed by atoms with Gasteiger partial charge in [-0.15, -0.1) is 11.3 Å². The van der Waals surface area contributed by atoms with Crippen LogP contribution in [0.1, 0.15) is 21.8 Å². The summed E-state index contributed by atoms with van der Waals surface area (Å²) in [6, 6.07) is 8.05. The van der Waals surface area contributed by atoms with E-state index in [1.165, 1.54) is 4.88 Å². The fraction of sp³-hybridized carbons (Fsp3) is 0.438. The molecule has 0 bridgehead atoms. The lowest BCUT2D eigenvalue weighted by molar-refractivity contribution is 0.0777. The molecule has 5 heteroatoms. The van der Waals surface area contributed by atoms with Gasteiger partial charge >= 0.3 is 0 Å². The van der Waals surface area contributed by atoms with Crippen molar-refractivity contribution >= 4 is 17.2 Å². The number of likely N-dealkylation sites (tertiary alicyclic amines) is 1. The smallest absolute Gasteiger partial charge is 0.270 e. The minimum absolute atomic E-state index is 0.162. The predicted octanol–water partition coefficient (Wildman–Crippen LogP) is 2.28. The fourth-order valence-corrected chi connectivity index (χ4v) is 3.65. The van der Waals surface area contributed by atoms with Crippen LogP contribution < -0.4 is 5.32 Å². The van der Waals surface area contributed by atoms with Gasteiger partial charge in [-0.3, -0.25) is 4.79 Å². The van der Waals surface area contributed by atoms with Gasteiger partial charge < -0.3 is 14.8 Å². The Kier molecular flexibility index (Phi) is 4.41. The molecule has 0 radical (unpaired) electrons. The van der Waals surface area contributed by atoms with E-state index in [9.17, 15) is 4.79 Å². The Hall–Kier alpha value is -1.59. The van der Waals surface area contributed by atoms with Gasteiger partial charge in [0.2, 0.25) is 0 Å². The molecule has 2 aromatic heterocycles. The van der Waals surface area contributed by atoms with Crippen molar-refractivity contribution in [2.45, 2.75) is 13.0 Å². The summed E-state index contributed by atoms with van der Waals surface area (Å²) in [5, 5.41) is 5.28. The minimum Gasteiger partial charge on any atom is -0.338 e. The minimum atomic E-state index is 0.162. The third-order valence-electron chi connectivity index (χ3n) is 4.02. The van der Waals surface area contributed by atoms with E-state index in [2.05, 4.69) is 21.3 Å². The van der Waals surface area contributed by atoms with Crippen molar-refractivity contribution in [3.05, 3.63) is 46.4 Å². The molecule has 1 amide bonds. The van der Waals surface area contributed by atoms with Crippen LogP contribution in [-0.4, -0.2) is 42.1 Å². The summed E-state index contributed by atoms with van der Waals surface area (Å²) in [7, 11) is 1.97. The normalized spacial score (nSPS) is 18.3. The Bertz CT molecular complexity index is 590. The van der Waals surface area contributed by atoms with Crippen LogP contribution in [0.15, 0.2) is 35.8 Å². The van der Waals surface area contributed by atoms with E-state index in [1.807, 2.05) is 36.3 Å². The first-order valence-electron chi connectivity index (χ1n) is 7.39. The maximum absolute atomic E-state index is 12.7. The average molecular weight is 303 g/mol. The summed E-state index contributed by atoms with van der Waals surface area (Å²) in [6.45, 7) is 3.50. The van der Waals surface area contributed by atoms with Crippen molar-refractivity contribution in [2.24, 2.45) is 5.92 Å². The van der Waals surface area contributed by atoms with Crippen molar-refractivity contribution in [1.82, 2.24) is 14.8 Å². The maximum atomic E-state index is 12.7. The van der Waals surface area contributed by atoms with E-state index < -0.39 is 0 Å². The highest BCUT2D eigenvalue weighted by molar-refractivity contribution is 7.09. The van der Waals surface area contributed by atoms with Gasteiger partial charge in [-0.1, -0.05) is 6.07 Å². The lowest BCUT2D eigenvalue weighted by atomic mass is 10.1. The van der Waals surface area contributed by atoms with E-state index in [4.69, 9.17) is 0 Å². The molecule has 1 unspecified atom stereocenters. The molecule has 2 aromatic rings. The molecule has 4 nitrogen and oxygen atoms in total. The molecule has 1 aliphatic heterocycles. The molecule has 3 rings (SSSR count).